The number of nitrogens with zero attached hydrogens (tertiary/aromatic N) is 4. The van der Waals surface area contributed by atoms with Crippen molar-refractivity contribution >= 4 is 17.3 Å². The summed E-state index contributed by atoms with van der Waals surface area (Å²) in [5, 5.41) is 16.0. The summed E-state index contributed by atoms with van der Waals surface area (Å²) in [6.45, 7) is 1.61. The molecule has 0 fully saturated rings. The van der Waals surface area contributed by atoms with E-state index in [9.17, 15) is 4.79 Å². The predicted molar refractivity (Wildman–Crippen MR) is 80.5 cm³/mol. The maximum atomic E-state index is 11.8. The molecule has 2 N–H and O–H groups in total. The molecule has 2 aromatic heterocycles. The molecule has 0 aromatic carbocycles. The zero-order valence-electron chi connectivity index (χ0n) is 11.6. The second-order valence-electron chi connectivity index (χ2n) is 4.56. The molecule has 0 radical (unpaired) electrons. The lowest BCUT2D eigenvalue weighted by Gasteiger charge is -2.09. The second kappa shape index (κ2) is 7.80. The number of unbranched alkanes of at least 4 members (excludes halogenated alkanes) is 1. The van der Waals surface area contributed by atoms with E-state index in [-0.39, 0.29) is 18.2 Å². The van der Waals surface area contributed by atoms with E-state index < -0.39 is 5.56 Å². The molecule has 0 bridgehead atoms. The summed E-state index contributed by atoms with van der Waals surface area (Å²) in [5.74, 6) is 0. The summed E-state index contributed by atoms with van der Waals surface area (Å²) >= 11 is 6.00. The van der Waals surface area contributed by atoms with Gasteiger partial charge in [-0.1, -0.05) is 11.6 Å². The number of halogens is 1. The lowest BCUT2D eigenvalue weighted by molar-refractivity contribution is 0.266. The minimum absolute atomic E-state index is 0.105. The number of aryl methyl sites for hydroxylation is 1. The highest BCUT2D eigenvalue weighted by molar-refractivity contribution is 6.32. The van der Waals surface area contributed by atoms with Crippen LogP contribution in [0.1, 0.15) is 12.8 Å². The molecule has 2 aromatic rings. The zero-order valence-corrected chi connectivity index (χ0v) is 12.3. The molecule has 0 amide bonds. The third-order valence-corrected chi connectivity index (χ3v) is 3.38. The Kier molecular flexibility index (Phi) is 5.77. The van der Waals surface area contributed by atoms with Crippen molar-refractivity contribution in [2.24, 2.45) is 0 Å². The van der Waals surface area contributed by atoms with Crippen LogP contribution >= 0.6 is 11.6 Å². The highest BCUT2D eigenvalue weighted by Crippen LogP contribution is 2.15. The molecule has 0 aliphatic rings. The normalized spacial score (nSPS) is 10.8. The fourth-order valence-electron chi connectivity index (χ4n) is 1.90. The molecule has 7 nitrogen and oxygen atoms in total. The van der Waals surface area contributed by atoms with Gasteiger partial charge in [-0.05, 0) is 12.8 Å². The van der Waals surface area contributed by atoms with Gasteiger partial charge in [-0.25, -0.2) is 9.67 Å². The Morgan fingerprint density at radius 2 is 2.19 bits per heavy atom. The fraction of sp³-hybridized carbons (Fsp3) is 0.462. The average Bonchev–Trinajstić information content (AvgIpc) is 2.99. The molecule has 0 saturated heterocycles. The highest BCUT2D eigenvalue weighted by atomic mass is 35.5. The highest BCUT2D eigenvalue weighted by Gasteiger charge is 2.08. The summed E-state index contributed by atoms with van der Waals surface area (Å²) in [6, 6.07) is 0. The van der Waals surface area contributed by atoms with Gasteiger partial charge in [0.25, 0.3) is 5.56 Å². The average molecular weight is 312 g/mol. The largest absolute Gasteiger partial charge is 0.394 e. The lowest BCUT2D eigenvalue weighted by Crippen LogP contribution is -2.25. The maximum Gasteiger partial charge on any atom is 0.287 e. The van der Waals surface area contributed by atoms with E-state index in [1.54, 1.807) is 12.5 Å². The number of rotatable bonds is 8. The number of aliphatic hydroxyl groups is 1. The number of hydrogen-bond acceptors (Lipinski definition) is 5. The Balaban J connectivity index is 1.80. The quantitative estimate of drug-likeness (QED) is 0.710. The van der Waals surface area contributed by atoms with Gasteiger partial charge in [0.2, 0.25) is 0 Å². The van der Waals surface area contributed by atoms with Crippen LogP contribution < -0.4 is 10.9 Å². The first-order valence-electron chi connectivity index (χ1n) is 6.78. The summed E-state index contributed by atoms with van der Waals surface area (Å²) in [4.78, 5) is 15.8. The van der Waals surface area contributed by atoms with Gasteiger partial charge in [0.05, 0.1) is 31.4 Å². The van der Waals surface area contributed by atoms with Crippen LogP contribution in [-0.2, 0) is 13.1 Å². The standard InChI is InChI=1S/C13H18ClN5O2/c14-12-11(9-17-19(7-8-20)13(12)21)16-3-1-2-5-18-6-4-15-10-18/h4,6,9-10,16,20H,1-3,5,7-8H2. The van der Waals surface area contributed by atoms with Crippen LogP contribution in [0.5, 0.6) is 0 Å². The number of aromatic nitrogens is 4. The van der Waals surface area contributed by atoms with E-state index in [0.717, 1.165) is 24.1 Å². The van der Waals surface area contributed by atoms with Crippen LogP contribution in [0.25, 0.3) is 0 Å². The molecule has 2 heterocycles. The van der Waals surface area contributed by atoms with E-state index in [1.165, 1.54) is 6.20 Å². The van der Waals surface area contributed by atoms with Crippen LogP contribution in [-0.4, -0.2) is 37.6 Å². The molecule has 21 heavy (non-hydrogen) atoms. The van der Waals surface area contributed by atoms with Crippen LogP contribution in [0.2, 0.25) is 5.02 Å². The van der Waals surface area contributed by atoms with Crippen molar-refractivity contribution in [2.75, 3.05) is 18.5 Å². The van der Waals surface area contributed by atoms with Crippen LogP contribution in [0.15, 0.2) is 29.7 Å². The third-order valence-electron chi connectivity index (χ3n) is 3.01. The van der Waals surface area contributed by atoms with Gasteiger partial charge in [-0.3, -0.25) is 4.79 Å². The smallest absolute Gasteiger partial charge is 0.287 e. The Hall–Kier alpha value is -1.86. The number of aliphatic hydroxyl groups excluding tert-OH is 1. The van der Waals surface area contributed by atoms with Crippen LogP contribution in [0, 0.1) is 0 Å². The van der Waals surface area contributed by atoms with Crippen molar-refractivity contribution in [2.45, 2.75) is 25.9 Å². The van der Waals surface area contributed by atoms with Crippen molar-refractivity contribution in [1.82, 2.24) is 19.3 Å². The molecule has 114 valence electrons. The first-order chi connectivity index (χ1) is 10.2. The van der Waals surface area contributed by atoms with Gasteiger partial charge in [0, 0.05) is 25.5 Å². The van der Waals surface area contributed by atoms with Gasteiger partial charge in [0.15, 0.2) is 0 Å². The Bertz CT molecular complexity index is 612. The number of nitrogens with one attached hydrogen (secondary N) is 1. The number of imidazole rings is 1. The van der Waals surface area contributed by atoms with Crippen LogP contribution in [0.3, 0.4) is 0 Å². The molecule has 2 rings (SSSR count). The fourth-order valence-corrected chi connectivity index (χ4v) is 2.12. The van der Waals surface area contributed by atoms with Gasteiger partial charge >= 0.3 is 0 Å². The Morgan fingerprint density at radius 1 is 1.33 bits per heavy atom. The summed E-state index contributed by atoms with van der Waals surface area (Å²) < 4.78 is 3.16. The molecule has 0 atom stereocenters. The predicted octanol–water partition coefficient (Wildman–Crippen LogP) is 0.978. The van der Waals surface area contributed by atoms with E-state index in [1.807, 2.05) is 10.8 Å². The molecule has 0 unspecified atom stereocenters. The molecule has 0 aliphatic carbocycles. The molecule has 8 heteroatoms. The number of anilines is 1. The van der Waals surface area contributed by atoms with Gasteiger partial charge in [-0.2, -0.15) is 5.10 Å². The molecule has 0 saturated carbocycles. The SMILES string of the molecule is O=c1c(Cl)c(NCCCCn2ccnc2)cnn1CCO. The maximum absolute atomic E-state index is 11.8. The van der Waals surface area contributed by atoms with Crippen molar-refractivity contribution in [3.8, 4) is 0 Å². The lowest BCUT2D eigenvalue weighted by atomic mass is 10.3. The first-order valence-corrected chi connectivity index (χ1v) is 7.16. The molecular formula is C13H18ClN5O2. The third kappa shape index (κ3) is 4.30. The van der Waals surface area contributed by atoms with E-state index >= 15 is 0 Å². The topological polar surface area (TPSA) is 85.0 Å². The van der Waals surface area contributed by atoms with Gasteiger partial charge in [0.1, 0.15) is 5.02 Å². The van der Waals surface area contributed by atoms with Crippen molar-refractivity contribution < 1.29 is 5.11 Å². The number of hydrogen-bond donors (Lipinski definition) is 2. The summed E-state index contributed by atoms with van der Waals surface area (Å²) in [6.07, 6.45) is 8.91. The molecular weight excluding hydrogens is 294 g/mol. The Labute approximate surface area is 127 Å². The zero-order chi connectivity index (χ0) is 15.1. The minimum Gasteiger partial charge on any atom is -0.394 e. The van der Waals surface area contributed by atoms with Crippen molar-refractivity contribution in [3.05, 3.63) is 40.3 Å². The summed E-state index contributed by atoms with van der Waals surface area (Å²) in [7, 11) is 0. The van der Waals surface area contributed by atoms with Gasteiger partial charge < -0.3 is 15.0 Å². The second-order valence-corrected chi connectivity index (χ2v) is 4.94. The van der Waals surface area contributed by atoms with Crippen LogP contribution in [0.4, 0.5) is 5.69 Å². The van der Waals surface area contributed by atoms with Gasteiger partial charge in [-0.15, -0.1) is 0 Å². The van der Waals surface area contributed by atoms with E-state index in [0.29, 0.717) is 12.2 Å². The molecule has 0 aliphatic heterocycles. The van der Waals surface area contributed by atoms with Crippen molar-refractivity contribution in [1.29, 1.82) is 0 Å². The monoisotopic (exact) mass is 311 g/mol. The van der Waals surface area contributed by atoms with Crippen molar-refractivity contribution in [3.63, 3.8) is 0 Å². The first kappa shape index (κ1) is 15.5. The van der Waals surface area contributed by atoms with E-state index in [4.69, 9.17) is 16.7 Å². The minimum atomic E-state index is -0.394. The van der Waals surface area contributed by atoms with E-state index in [2.05, 4.69) is 15.4 Å². The Morgan fingerprint density at radius 3 is 2.90 bits per heavy atom. The summed E-state index contributed by atoms with van der Waals surface area (Å²) in [5.41, 5.74) is 0.132. The molecule has 0 spiro atoms.